The van der Waals surface area contributed by atoms with Crippen LogP contribution in [0.5, 0.6) is 0 Å². The van der Waals surface area contributed by atoms with Gasteiger partial charge in [-0.15, -0.1) is 0 Å². The van der Waals surface area contributed by atoms with Crippen LogP contribution < -0.4 is 0 Å². The van der Waals surface area contributed by atoms with Crippen molar-refractivity contribution < 1.29 is 0 Å². The summed E-state index contributed by atoms with van der Waals surface area (Å²) < 4.78 is 2.39. The number of imidazole rings is 1. The largest absolute Gasteiger partial charge is 0.292 e. The molecule has 2 nitrogen and oxygen atoms in total. The van der Waals surface area contributed by atoms with Gasteiger partial charge in [0.05, 0.1) is 16.7 Å². The van der Waals surface area contributed by atoms with Crippen LogP contribution in [-0.2, 0) is 5.41 Å². The van der Waals surface area contributed by atoms with E-state index in [9.17, 15) is 0 Å². The first-order valence-electron chi connectivity index (χ1n) is 17.4. The van der Waals surface area contributed by atoms with E-state index in [1.165, 1.54) is 77.3 Å². The molecule has 0 saturated heterocycles. The number of para-hydroxylation sites is 1. The van der Waals surface area contributed by atoms with Crippen molar-refractivity contribution in [2.24, 2.45) is 0 Å². The zero-order chi connectivity index (χ0) is 33.4. The lowest BCUT2D eigenvalue weighted by molar-refractivity contribution is 0.629. The molecule has 0 saturated carbocycles. The molecule has 2 heteroatoms. The van der Waals surface area contributed by atoms with E-state index in [4.69, 9.17) is 4.98 Å². The topological polar surface area (TPSA) is 17.8 Å². The van der Waals surface area contributed by atoms with Gasteiger partial charge in [0.25, 0.3) is 0 Å². The van der Waals surface area contributed by atoms with Crippen molar-refractivity contribution in [3.63, 3.8) is 0 Å². The number of rotatable bonds is 4. The van der Waals surface area contributed by atoms with Gasteiger partial charge in [0, 0.05) is 11.0 Å². The van der Waals surface area contributed by atoms with Gasteiger partial charge >= 0.3 is 0 Å². The molecule has 0 radical (unpaired) electrons. The highest BCUT2D eigenvalue weighted by Crippen LogP contribution is 2.50. The maximum Gasteiger partial charge on any atom is 0.145 e. The van der Waals surface area contributed by atoms with E-state index in [0.717, 1.165) is 16.9 Å². The summed E-state index contributed by atoms with van der Waals surface area (Å²) in [6.45, 7) is 4.73. The molecule has 0 unspecified atom stereocenters. The van der Waals surface area contributed by atoms with Crippen LogP contribution in [0.3, 0.4) is 0 Å². The van der Waals surface area contributed by atoms with Crippen LogP contribution in [0.2, 0.25) is 0 Å². The SMILES string of the molecule is CC1(C)c2ccccc2-n2c(-c3ccccc3)nc3cc(-c4c5ccccc5c(-c5ccc(-c6ccccc6)cc5)c5ccccc45)cc1c32. The predicted molar refractivity (Wildman–Crippen MR) is 210 cm³/mol. The lowest BCUT2D eigenvalue weighted by Crippen LogP contribution is -2.26. The third-order valence-corrected chi connectivity index (χ3v) is 10.8. The molecule has 236 valence electrons. The Balaban J connectivity index is 1.26. The highest BCUT2D eigenvalue weighted by Gasteiger charge is 2.36. The molecule has 0 bridgehead atoms. The third kappa shape index (κ3) is 4.18. The Morgan fingerprint density at radius 1 is 0.420 bits per heavy atom. The summed E-state index contributed by atoms with van der Waals surface area (Å²) in [5.74, 6) is 0.978. The monoisotopic (exact) mass is 638 g/mol. The molecule has 0 amide bonds. The van der Waals surface area contributed by atoms with E-state index in [1.54, 1.807) is 0 Å². The van der Waals surface area contributed by atoms with Gasteiger partial charge in [-0.1, -0.05) is 166 Å². The van der Waals surface area contributed by atoms with Gasteiger partial charge in [-0.05, 0) is 84.3 Å². The second-order valence-corrected chi connectivity index (χ2v) is 14.0. The summed E-state index contributed by atoms with van der Waals surface area (Å²) in [5.41, 5.74) is 14.3. The van der Waals surface area contributed by atoms with Crippen LogP contribution in [0, 0.1) is 0 Å². The zero-order valence-corrected chi connectivity index (χ0v) is 28.1. The van der Waals surface area contributed by atoms with E-state index in [2.05, 4.69) is 188 Å². The first kappa shape index (κ1) is 28.7. The summed E-state index contributed by atoms with van der Waals surface area (Å²) in [6, 6.07) is 61.7. The number of hydrogen-bond donors (Lipinski definition) is 0. The van der Waals surface area contributed by atoms with Crippen LogP contribution in [-0.4, -0.2) is 9.55 Å². The molecule has 1 aromatic heterocycles. The van der Waals surface area contributed by atoms with Crippen molar-refractivity contribution in [1.82, 2.24) is 9.55 Å². The third-order valence-electron chi connectivity index (χ3n) is 10.8. The van der Waals surface area contributed by atoms with Crippen molar-refractivity contribution in [3.8, 4) is 50.5 Å². The molecule has 0 N–H and O–H groups in total. The average Bonchev–Trinajstić information content (AvgIpc) is 3.56. The molecular weight excluding hydrogens is 605 g/mol. The fraction of sp³-hybridized carbons (Fsp3) is 0.0625. The Kier molecular flexibility index (Phi) is 6.25. The van der Waals surface area contributed by atoms with Gasteiger partial charge in [-0.3, -0.25) is 4.57 Å². The smallest absolute Gasteiger partial charge is 0.145 e. The molecule has 0 atom stereocenters. The van der Waals surface area contributed by atoms with Crippen molar-refractivity contribution >= 4 is 32.6 Å². The second kappa shape index (κ2) is 10.9. The number of aromatic nitrogens is 2. The highest BCUT2D eigenvalue weighted by molar-refractivity contribution is 6.21. The zero-order valence-electron chi connectivity index (χ0n) is 28.1. The summed E-state index contributed by atoms with van der Waals surface area (Å²) in [4.78, 5) is 5.43. The summed E-state index contributed by atoms with van der Waals surface area (Å²) in [5, 5.41) is 5.00. The number of fused-ring (bicyclic) bond motifs is 4. The van der Waals surface area contributed by atoms with Crippen LogP contribution in [0.25, 0.3) is 83.0 Å². The van der Waals surface area contributed by atoms with Gasteiger partial charge in [-0.2, -0.15) is 0 Å². The van der Waals surface area contributed by atoms with Crippen molar-refractivity contribution in [2.45, 2.75) is 19.3 Å². The molecule has 10 rings (SSSR count). The quantitative estimate of drug-likeness (QED) is 0.175. The maximum atomic E-state index is 5.43. The van der Waals surface area contributed by atoms with E-state index in [0.29, 0.717) is 0 Å². The lowest BCUT2D eigenvalue weighted by Gasteiger charge is -2.35. The normalized spacial score (nSPS) is 13.2. The average molecular weight is 639 g/mol. The molecule has 1 aliphatic heterocycles. The molecular formula is C48H34N2. The highest BCUT2D eigenvalue weighted by atomic mass is 15.1. The number of hydrogen-bond acceptors (Lipinski definition) is 1. The minimum atomic E-state index is -0.221. The van der Waals surface area contributed by atoms with E-state index >= 15 is 0 Å². The molecule has 9 aromatic rings. The summed E-state index contributed by atoms with van der Waals surface area (Å²) in [6.07, 6.45) is 0. The number of nitrogens with zero attached hydrogens (tertiary/aromatic N) is 2. The second-order valence-electron chi connectivity index (χ2n) is 14.0. The van der Waals surface area contributed by atoms with Crippen LogP contribution in [0.4, 0.5) is 0 Å². The van der Waals surface area contributed by atoms with Gasteiger partial charge in [-0.25, -0.2) is 4.98 Å². The van der Waals surface area contributed by atoms with Crippen molar-refractivity contribution in [1.29, 1.82) is 0 Å². The molecule has 8 aromatic carbocycles. The maximum absolute atomic E-state index is 5.43. The predicted octanol–water partition coefficient (Wildman–Crippen LogP) is 12.6. The first-order chi connectivity index (χ1) is 24.6. The molecule has 0 spiro atoms. The molecule has 1 aliphatic rings. The first-order valence-corrected chi connectivity index (χ1v) is 17.4. The Morgan fingerprint density at radius 2 is 0.900 bits per heavy atom. The Labute approximate surface area is 291 Å². The van der Waals surface area contributed by atoms with Crippen molar-refractivity contribution in [3.05, 3.63) is 181 Å². The van der Waals surface area contributed by atoms with Crippen LogP contribution in [0.1, 0.15) is 25.0 Å². The van der Waals surface area contributed by atoms with E-state index in [-0.39, 0.29) is 5.41 Å². The lowest BCUT2D eigenvalue weighted by atomic mass is 9.73. The molecule has 0 fully saturated rings. The summed E-state index contributed by atoms with van der Waals surface area (Å²) in [7, 11) is 0. The van der Waals surface area contributed by atoms with Crippen LogP contribution in [0.15, 0.2) is 170 Å². The fourth-order valence-corrected chi connectivity index (χ4v) is 8.40. The number of benzene rings is 8. The molecule has 50 heavy (non-hydrogen) atoms. The fourth-order valence-electron chi connectivity index (χ4n) is 8.40. The Bertz CT molecular complexity index is 2700. The Hall–Kier alpha value is -6.25. The van der Waals surface area contributed by atoms with Gasteiger partial charge < -0.3 is 0 Å². The molecule has 0 aliphatic carbocycles. The van der Waals surface area contributed by atoms with E-state index < -0.39 is 0 Å². The van der Waals surface area contributed by atoms with E-state index in [1.807, 2.05) is 0 Å². The summed E-state index contributed by atoms with van der Waals surface area (Å²) >= 11 is 0. The standard InChI is InChI=1S/C48H34N2/c1-48(2)40-23-13-14-24-43(40)50-46-41(48)29-35(30-42(46)49-47(50)34-17-7-4-8-18-34)45-38-21-11-9-19-36(38)44(37-20-10-12-22-39(37)45)33-27-25-32(26-28-33)31-15-5-3-6-16-31/h3-30H,1-2H3. The minimum absolute atomic E-state index is 0.221. The van der Waals surface area contributed by atoms with Gasteiger partial charge in [0.15, 0.2) is 0 Å². The van der Waals surface area contributed by atoms with Gasteiger partial charge in [0.2, 0.25) is 0 Å². The van der Waals surface area contributed by atoms with Crippen molar-refractivity contribution in [2.75, 3.05) is 0 Å². The molecule has 2 heterocycles. The Morgan fingerprint density at radius 3 is 1.52 bits per heavy atom. The minimum Gasteiger partial charge on any atom is -0.292 e. The van der Waals surface area contributed by atoms with Crippen LogP contribution >= 0.6 is 0 Å². The van der Waals surface area contributed by atoms with Gasteiger partial charge in [0.1, 0.15) is 5.82 Å².